The summed E-state index contributed by atoms with van der Waals surface area (Å²) >= 11 is 2.19. The number of amides is 1. The molecule has 0 atom stereocenters. The van der Waals surface area contributed by atoms with Crippen LogP contribution in [0.15, 0.2) is 84.9 Å². The molecule has 0 fully saturated rings. The molecule has 1 N–H and O–H groups in total. The van der Waals surface area contributed by atoms with Gasteiger partial charge in [-0.25, -0.2) is 0 Å². The minimum atomic E-state index is -0.166. The fourth-order valence-electron chi connectivity index (χ4n) is 2.50. The zero-order valence-electron chi connectivity index (χ0n) is 12.4. The van der Waals surface area contributed by atoms with Crippen LogP contribution in [0.5, 0.6) is 0 Å². The fourth-order valence-corrected chi connectivity index (χ4v) is 3.14. The maximum absolute atomic E-state index is 12.7. The molecule has 0 heterocycles. The van der Waals surface area contributed by atoms with Gasteiger partial charge >= 0.3 is 0 Å². The first kappa shape index (κ1) is 15.7. The number of nitrogens with one attached hydrogen (secondary N) is 1. The van der Waals surface area contributed by atoms with Crippen LogP contribution in [0.3, 0.4) is 0 Å². The van der Waals surface area contributed by atoms with Crippen LogP contribution in [0.2, 0.25) is 0 Å². The molecule has 3 aromatic carbocycles. The molecule has 0 aliphatic heterocycles. The number of hydrogen-bond donors (Lipinski definition) is 1. The van der Waals surface area contributed by atoms with Gasteiger partial charge in [-0.1, -0.05) is 72.8 Å². The second kappa shape index (κ2) is 7.42. The SMILES string of the molecule is O=C(NC(c1ccccc1)c1ccccc1)c1ccccc1I. The lowest BCUT2D eigenvalue weighted by Crippen LogP contribution is -2.29. The highest BCUT2D eigenvalue weighted by atomic mass is 127. The van der Waals surface area contributed by atoms with Gasteiger partial charge in [0.15, 0.2) is 0 Å². The Kier molecular flexibility index (Phi) is 5.08. The van der Waals surface area contributed by atoms with Crippen molar-refractivity contribution in [3.63, 3.8) is 0 Å². The number of carbonyl (C=O) groups excluding carboxylic acids is 1. The summed E-state index contributed by atoms with van der Waals surface area (Å²) < 4.78 is 0.947. The first-order valence-electron chi connectivity index (χ1n) is 7.41. The average molecular weight is 413 g/mol. The minimum absolute atomic E-state index is 0.0623. The van der Waals surface area contributed by atoms with E-state index in [1.54, 1.807) is 0 Å². The third-order valence-corrected chi connectivity index (χ3v) is 4.60. The van der Waals surface area contributed by atoms with Crippen molar-refractivity contribution in [2.75, 3.05) is 0 Å². The third kappa shape index (κ3) is 3.79. The van der Waals surface area contributed by atoms with Crippen LogP contribution in [-0.4, -0.2) is 5.91 Å². The third-order valence-electron chi connectivity index (χ3n) is 3.66. The first-order valence-corrected chi connectivity index (χ1v) is 8.49. The quantitative estimate of drug-likeness (QED) is 0.612. The fraction of sp³-hybridized carbons (Fsp3) is 0.0500. The van der Waals surface area contributed by atoms with E-state index in [1.165, 1.54) is 0 Å². The van der Waals surface area contributed by atoms with E-state index >= 15 is 0 Å². The number of carbonyl (C=O) groups is 1. The van der Waals surface area contributed by atoms with Crippen molar-refractivity contribution in [1.82, 2.24) is 5.32 Å². The van der Waals surface area contributed by atoms with Gasteiger partial charge in [0, 0.05) is 3.57 Å². The molecule has 3 rings (SSSR count). The molecule has 1 amide bonds. The Hall–Kier alpha value is -2.14. The van der Waals surface area contributed by atoms with Gasteiger partial charge in [0.25, 0.3) is 5.91 Å². The van der Waals surface area contributed by atoms with Crippen molar-refractivity contribution in [1.29, 1.82) is 0 Å². The Labute approximate surface area is 149 Å². The maximum atomic E-state index is 12.7. The molecule has 0 aromatic heterocycles. The lowest BCUT2D eigenvalue weighted by atomic mass is 9.98. The number of hydrogen-bond acceptors (Lipinski definition) is 1. The lowest BCUT2D eigenvalue weighted by Gasteiger charge is -2.20. The summed E-state index contributed by atoms with van der Waals surface area (Å²) in [6, 6.07) is 27.5. The van der Waals surface area contributed by atoms with Crippen LogP contribution < -0.4 is 5.32 Å². The molecule has 0 spiro atoms. The molecular formula is C20H16INO. The predicted octanol–water partition coefficient (Wildman–Crippen LogP) is 4.81. The zero-order valence-corrected chi connectivity index (χ0v) is 14.6. The summed E-state index contributed by atoms with van der Waals surface area (Å²) in [6.07, 6.45) is 0. The van der Waals surface area contributed by atoms with E-state index < -0.39 is 0 Å². The van der Waals surface area contributed by atoms with Crippen LogP contribution in [0.1, 0.15) is 27.5 Å². The molecular weight excluding hydrogens is 397 g/mol. The first-order chi connectivity index (χ1) is 11.3. The maximum Gasteiger partial charge on any atom is 0.253 e. The van der Waals surface area contributed by atoms with Crippen molar-refractivity contribution in [3.05, 3.63) is 105 Å². The minimum Gasteiger partial charge on any atom is -0.341 e. The van der Waals surface area contributed by atoms with Gasteiger partial charge in [0.05, 0.1) is 11.6 Å². The largest absolute Gasteiger partial charge is 0.341 e. The second-order valence-electron chi connectivity index (χ2n) is 5.21. The van der Waals surface area contributed by atoms with Crippen LogP contribution >= 0.6 is 22.6 Å². The Bertz CT molecular complexity index is 748. The van der Waals surface area contributed by atoms with E-state index in [9.17, 15) is 4.79 Å². The second-order valence-corrected chi connectivity index (χ2v) is 6.37. The molecule has 114 valence electrons. The summed E-state index contributed by atoms with van der Waals surface area (Å²) in [7, 11) is 0. The summed E-state index contributed by atoms with van der Waals surface area (Å²) in [6.45, 7) is 0. The Morgan fingerprint density at radius 1 is 0.739 bits per heavy atom. The van der Waals surface area contributed by atoms with Gasteiger partial charge in [-0.05, 0) is 45.9 Å². The van der Waals surface area contributed by atoms with Crippen LogP contribution in [0.4, 0.5) is 0 Å². The number of rotatable bonds is 4. The lowest BCUT2D eigenvalue weighted by molar-refractivity contribution is 0.0942. The zero-order chi connectivity index (χ0) is 16.1. The molecule has 0 radical (unpaired) electrons. The van der Waals surface area contributed by atoms with Crippen molar-refractivity contribution < 1.29 is 4.79 Å². The predicted molar refractivity (Wildman–Crippen MR) is 101 cm³/mol. The normalized spacial score (nSPS) is 10.5. The Morgan fingerprint density at radius 3 is 1.74 bits per heavy atom. The van der Waals surface area contributed by atoms with Crippen molar-refractivity contribution in [2.24, 2.45) is 0 Å². The van der Waals surface area contributed by atoms with E-state index in [2.05, 4.69) is 27.9 Å². The van der Waals surface area contributed by atoms with Gasteiger partial charge < -0.3 is 5.32 Å². The summed E-state index contributed by atoms with van der Waals surface area (Å²) in [5.41, 5.74) is 2.83. The molecule has 0 bridgehead atoms. The van der Waals surface area contributed by atoms with Crippen molar-refractivity contribution >= 4 is 28.5 Å². The topological polar surface area (TPSA) is 29.1 Å². The van der Waals surface area contributed by atoms with Crippen LogP contribution in [0.25, 0.3) is 0 Å². The molecule has 0 unspecified atom stereocenters. The average Bonchev–Trinajstić information content (AvgIpc) is 2.61. The van der Waals surface area contributed by atoms with E-state index in [0.717, 1.165) is 14.7 Å². The van der Waals surface area contributed by atoms with Gasteiger partial charge in [0.1, 0.15) is 0 Å². The molecule has 0 aliphatic rings. The molecule has 0 aliphatic carbocycles. The van der Waals surface area contributed by atoms with E-state index in [0.29, 0.717) is 5.56 Å². The summed E-state index contributed by atoms with van der Waals surface area (Å²) in [4.78, 5) is 12.7. The van der Waals surface area contributed by atoms with Gasteiger partial charge in [-0.15, -0.1) is 0 Å². The molecule has 0 saturated carbocycles. The molecule has 2 nitrogen and oxygen atoms in total. The standard InChI is InChI=1S/C20H16INO/c21-18-14-8-7-13-17(18)20(23)22-19(15-9-3-1-4-10-15)16-11-5-2-6-12-16/h1-14,19H,(H,22,23). The van der Waals surface area contributed by atoms with Crippen molar-refractivity contribution in [2.45, 2.75) is 6.04 Å². The summed E-state index contributed by atoms with van der Waals surface area (Å²) in [5, 5.41) is 3.16. The molecule has 23 heavy (non-hydrogen) atoms. The van der Waals surface area contributed by atoms with Crippen LogP contribution in [0, 0.1) is 3.57 Å². The Balaban J connectivity index is 1.94. The number of benzene rings is 3. The Morgan fingerprint density at radius 2 is 1.22 bits per heavy atom. The smallest absolute Gasteiger partial charge is 0.253 e. The van der Waals surface area contributed by atoms with Gasteiger partial charge in [0.2, 0.25) is 0 Å². The van der Waals surface area contributed by atoms with E-state index in [1.807, 2.05) is 84.9 Å². The summed E-state index contributed by atoms with van der Waals surface area (Å²) in [5.74, 6) is -0.0623. The van der Waals surface area contributed by atoms with E-state index in [4.69, 9.17) is 0 Å². The molecule has 3 aromatic rings. The molecule has 0 saturated heterocycles. The van der Waals surface area contributed by atoms with Crippen LogP contribution in [-0.2, 0) is 0 Å². The van der Waals surface area contributed by atoms with E-state index in [-0.39, 0.29) is 11.9 Å². The highest BCUT2D eigenvalue weighted by Gasteiger charge is 2.18. The molecule has 3 heteroatoms. The van der Waals surface area contributed by atoms with Gasteiger partial charge in [-0.3, -0.25) is 4.79 Å². The number of halogens is 1. The van der Waals surface area contributed by atoms with Gasteiger partial charge in [-0.2, -0.15) is 0 Å². The monoisotopic (exact) mass is 413 g/mol. The highest BCUT2D eigenvalue weighted by molar-refractivity contribution is 14.1. The van der Waals surface area contributed by atoms with Crippen molar-refractivity contribution in [3.8, 4) is 0 Å². The highest BCUT2D eigenvalue weighted by Crippen LogP contribution is 2.23.